The van der Waals surface area contributed by atoms with Crippen LogP contribution in [-0.2, 0) is 23.6 Å². The quantitative estimate of drug-likeness (QED) is 0.851. The lowest BCUT2D eigenvalue weighted by molar-refractivity contribution is 0.600. The molecule has 0 aliphatic carbocycles. The van der Waals surface area contributed by atoms with E-state index in [0.29, 0.717) is 11.4 Å². The lowest BCUT2D eigenvalue weighted by Crippen LogP contribution is -2.17. The normalized spacial score (nSPS) is 11.4. The van der Waals surface area contributed by atoms with Gasteiger partial charge in [0.1, 0.15) is 5.82 Å². The number of aromatic nitrogens is 2. The largest absolute Gasteiger partial charge is 0.326 e. The minimum absolute atomic E-state index is 0.203. The monoisotopic (exact) mass is 266 g/mol. The SMILES string of the molecule is Cn1ncc(CN)c1NS(=O)(=O)c1ccccc1. The molecule has 96 valence electrons. The van der Waals surface area contributed by atoms with Gasteiger partial charge in [0, 0.05) is 19.2 Å². The van der Waals surface area contributed by atoms with Crippen LogP contribution < -0.4 is 10.5 Å². The van der Waals surface area contributed by atoms with E-state index in [1.807, 2.05) is 0 Å². The van der Waals surface area contributed by atoms with E-state index in [1.54, 1.807) is 31.4 Å². The van der Waals surface area contributed by atoms with Crippen molar-refractivity contribution in [2.24, 2.45) is 12.8 Å². The zero-order valence-electron chi connectivity index (χ0n) is 9.87. The molecule has 18 heavy (non-hydrogen) atoms. The van der Waals surface area contributed by atoms with Gasteiger partial charge in [-0.3, -0.25) is 9.40 Å². The van der Waals surface area contributed by atoms with Gasteiger partial charge >= 0.3 is 0 Å². The maximum absolute atomic E-state index is 12.1. The van der Waals surface area contributed by atoms with Crippen LogP contribution in [0, 0.1) is 0 Å². The van der Waals surface area contributed by atoms with Crippen molar-refractivity contribution in [3.63, 3.8) is 0 Å². The molecule has 0 spiro atoms. The highest BCUT2D eigenvalue weighted by molar-refractivity contribution is 7.92. The minimum Gasteiger partial charge on any atom is -0.326 e. The summed E-state index contributed by atoms with van der Waals surface area (Å²) in [4.78, 5) is 0.203. The van der Waals surface area contributed by atoms with Crippen LogP contribution in [-0.4, -0.2) is 18.2 Å². The van der Waals surface area contributed by atoms with E-state index in [4.69, 9.17) is 5.73 Å². The standard InChI is InChI=1S/C11H14N4O2S/c1-15-11(9(7-12)8-13-15)14-18(16,17)10-5-3-2-4-6-10/h2-6,8,14H,7,12H2,1H3. The van der Waals surface area contributed by atoms with Crippen molar-refractivity contribution in [3.8, 4) is 0 Å². The Morgan fingerprint density at radius 1 is 1.33 bits per heavy atom. The number of rotatable bonds is 4. The van der Waals surface area contributed by atoms with Crippen LogP contribution in [0.1, 0.15) is 5.56 Å². The lowest BCUT2D eigenvalue weighted by atomic mass is 10.3. The molecule has 0 saturated carbocycles. The van der Waals surface area contributed by atoms with Gasteiger partial charge in [0.05, 0.1) is 11.1 Å². The van der Waals surface area contributed by atoms with Crippen LogP contribution >= 0.6 is 0 Å². The second kappa shape index (κ2) is 4.79. The number of nitrogens with one attached hydrogen (secondary N) is 1. The molecule has 0 amide bonds. The molecule has 0 aliphatic heterocycles. The lowest BCUT2D eigenvalue weighted by Gasteiger charge is -2.09. The van der Waals surface area contributed by atoms with Crippen LogP contribution in [0.15, 0.2) is 41.4 Å². The van der Waals surface area contributed by atoms with Crippen LogP contribution in [0.25, 0.3) is 0 Å². The number of anilines is 1. The first kappa shape index (κ1) is 12.6. The van der Waals surface area contributed by atoms with Gasteiger partial charge in [0.15, 0.2) is 0 Å². The van der Waals surface area contributed by atoms with E-state index in [1.165, 1.54) is 16.8 Å². The van der Waals surface area contributed by atoms with Gasteiger partial charge < -0.3 is 5.73 Å². The Bertz CT molecular complexity index is 634. The van der Waals surface area contributed by atoms with Crippen molar-refractivity contribution >= 4 is 15.8 Å². The van der Waals surface area contributed by atoms with E-state index in [9.17, 15) is 8.42 Å². The second-order valence-electron chi connectivity index (χ2n) is 3.76. The smallest absolute Gasteiger partial charge is 0.263 e. The summed E-state index contributed by atoms with van der Waals surface area (Å²) in [6, 6.07) is 8.15. The molecule has 1 aromatic carbocycles. The molecule has 0 bridgehead atoms. The Morgan fingerprint density at radius 3 is 2.61 bits per heavy atom. The summed E-state index contributed by atoms with van der Waals surface area (Å²) in [5.41, 5.74) is 6.18. The first-order valence-corrected chi connectivity index (χ1v) is 6.81. The van der Waals surface area contributed by atoms with Crippen molar-refractivity contribution in [2.45, 2.75) is 11.4 Å². The van der Waals surface area contributed by atoms with Gasteiger partial charge in [0.2, 0.25) is 0 Å². The summed E-state index contributed by atoms with van der Waals surface area (Å²) in [7, 11) is -1.95. The third-order valence-electron chi connectivity index (χ3n) is 2.52. The molecule has 3 N–H and O–H groups in total. The van der Waals surface area contributed by atoms with E-state index < -0.39 is 10.0 Å². The zero-order chi connectivity index (χ0) is 13.2. The molecule has 7 heteroatoms. The molecular weight excluding hydrogens is 252 g/mol. The zero-order valence-corrected chi connectivity index (χ0v) is 10.7. The summed E-state index contributed by atoms with van der Waals surface area (Å²) in [6.45, 7) is 0.223. The van der Waals surface area contributed by atoms with Gasteiger partial charge in [-0.25, -0.2) is 8.42 Å². The first-order chi connectivity index (χ1) is 8.54. The van der Waals surface area contributed by atoms with Gasteiger partial charge in [-0.05, 0) is 12.1 Å². The number of nitrogens with two attached hydrogens (primary N) is 1. The van der Waals surface area contributed by atoms with E-state index in [-0.39, 0.29) is 11.4 Å². The van der Waals surface area contributed by atoms with Gasteiger partial charge in [-0.15, -0.1) is 0 Å². The fourth-order valence-electron chi connectivity index (χ4n) is 1.55. The van der Waals surface area contributed by atoms with E-state index in [0.717, 1.165) is 0 Å². The number of hydrogen-bond donors (Lipinski definition) is 2. The predicted octanol–water partition coefficient (Wildman–Crippen LogP) is 0.680. The Labute approximate surface area is 105 Å². The molecule has 0 unspecified atom stereocenters. The Morgan fingerprint density at radius 2 is 2.00 bits per heavy atom. The van der Waals surface area contributed by atoms with E-state index in [2.05, 4.69) is 9.82 Å². The van der Waals surface area contributed by atoms with Crippen LogP contribution in [0.4, 0.5) is 5.82 Å². The predicted molar refractivity (Wildman–Crippen MR) is 68.3 cm³/mol. The molecular formula is C11H14N4O2S. The number of aryl methyl sites for hydroxylation is 1. The Kier molecular flexibility index (Phi) is 3.35. The fourth-order valence-corrected chi connectivity index (χ4v) is 2.70. The van der Waals surface area contributed by atoms with Crippen LogP contribution in [0.5, 0.6) is 0 Å². The van der Waals surface area contributed by atoms with Crippen molar-refractivity contribution in [3.05, 3.63) is 42.1 Å². The van der Waals surface area contributed by atoms with Gasteiger partial charge in [-0.1, -0.05) is 18.2 Å². The number of hydrogen-bond acceptors (Lipinski definition) is 4. The van der Waals surface area contributed by atoms with Gasteiger partial charge in [0.25, 0.3) is 10.0 Å². The van der Waals surface area contributed by atoms with Crippen LogP contribution in [0.3, 0.4) is 0 Å². The fraction of sp³-hybridized carbons (Fsp3) is 0.182. The average Bonchev–Trinajstić information content (AvgIpc) is 2.71. The molecule has 6 nitrogen and oxygen atoms in total. The molecule has 0 aliphatic rings. The van der Waals surface area contributed by atoms with Crippen LogP contribution in [0.2, 0.25) is 0 Å². The van der Waals surface area contributed by atoms with Gasteiger partial charge in [-0.2, -0.15) is 5.10 Å². The van der Waals surface area contributed by atoms with E-state index >= 15 is 0 Å². The summed E-state index contributed by atoms with van der Waals surface area (Å²) >= 11 is 0. The summed E-state index contributed by atoms with van der Waals surface area (Å²) in [6.07, 6.45) is 1.54. The number of sulfonamides is 1. The third kappa shape index (κ3) is 2.36. The Balaban J connectivity index is 2.37. The highest BCUT2D eigenvalue weighted by atomic mass is 32.2. The molecule has 1 heterocycles. The second-order valence-corrected chi connectivity index (χ2v) is 5.45. The third-order valence-corrected chi connectivity index (χ3v) is 3.87. The molecule has 2 rings (SSSR count). The maximum atomic E-state index is 12.1. The first-order valence-electron chi connectivity index (χ1n) is 5.33. The summed E-state index contributed by atoms with van der Waals surface area (Å²) in [5.74, 6) is 0.390. The maximum Gasteiger partial charge on any atom is 0.263 e. The van der Waals surface area contributed by atoms with Crippen molar-refractivity contribution in [2.75, 3.05) is 4.72 Å². The molecule has 0 fully saturated rings. The number of benzene rings is 1. The average molecular weight is 266 g/mol. The molecule has 1 aromatic heterocycles. The van der Waals surface area contributed by atoms with Crippen molar-refractivity contribution < 1.29 is 8.42 Å². The molecule has 0 atom stereocenters. The summed E-state index contributed by atoms with van der Waals surface area (Å²) in [5, 5.41) is 3.97. The highest BCUT2D eigenvalue weighted by Gasteiger charge is 2.17. The molecule has 0 radical (unpaired) electrons. The Hall–Kier alpha value is -1.86. The number of nitrogens with zero attached hydrogens (tertiary/aromatic N) is 2. The summed E-state index contributed by atoms with van der Waals surface area (Å²) < 4.78 is 28.2. The molecule has 0 saturated heterocycles. The highest BCUT2D eigenvalue weighted by Crippen LogP contribution is 2.18. The topological polar surface area (TPSA) is 90.0 Å². The molecule has 2 aromatic rings. The van der Waals surface area contributed by atoms with Crippen molar-refractivity contribution in [1.29, 1.82) is 0 Å². The minimum atomic E-state index is -3.60. The van der Waals surface area contributed by atoms with Crippen molar-refractivity contribution in [1.82, 2.24) is 9.78 Å².